The van der Waals surface area contributed by atoms with Gasteiger partial charge in [-0.3, -0.25) is 0 Å². The quantitative estimate of drug-likeness (QED) is 0.523. The first kappa shape index (κ1) is 22.1. The maximum Gasteiger partial charge on any atom is 0.192 e. The molecule has 0 bridgehead atoms. The average Bonchev–Trinajstić information content (AvgIpc) is 2.59. The van der Waals surface area contributed by atoms with Crippen molar-refractivity contribution in [3.63, 3.8) is 0 Å². The first-order valence-corrected chi connectivity index (χ1v) is 15.0. The molecule has 0 aromatic rings. The van der Waals surface area contributed by atoms with Crippen molar-refractivity contribution in [3.8, 4) is 0 Å². The van der Waals surface area contributed by atoms with Gasteiger partial charge in [0.05, 0.1) is 12.2 Å². The summed E-state index contributed by atoms with van der Waals surface area (Å²) in [5.41, 5.74) is 0.886. The van der Waals surface area contributed by atoms with Crippen LogP contribution in [0.4, 0.5) is 0 Å². The molecule has 1 fully saturated rings. The molecule has 0 amide bonds. The summed E-state index contributed by atoms with van der Waals surface area (Å²) in [7, 11) is -3.69. The third-order valence-electron chi connectivity index (χ3n) is 6.49. The van der Waals surface area contributed by atoms with E-state index in [2.05, 4.69) is 74.3 Å². The van der Waals surface area contributed by atoms with E-state index < -0.39 is 22.7 Å². The second-order valence-corrected chi connectivity index (χ2v) is 20.0. The number of aliphatic hydroxyl groups excluding tert-OH is 1. The summed E-state index contributed by atoms with van der Waals surface area (Å²) in [5.74, 6) is 0.100. The molecule has 1 aliphatic carbocycles. The highest BCUT2D eigenvalue weighted by atomic mass is 28.4. The van der Waals surface area contributed by atoms with Crippen LogP contribution in [0.25, 0.3) is 0 Å². The Labute approximate surface area is 152 Å². The Hall–Kier alpha value is 0.0538. The van der Waals surface area contributed by atoms with Crippen LogP contribution in [0.1, 0.15) is 48.0 Å². The lowest BCUT2D eigenvalue weighted by Crippen LogP contribution is -2.47. The van der Waals surface area contributed by atoms with Gasteiger partial charge in [0.15, 0.2) is 16.6 Å². The molecule has 0 spiro atoms. The Balaban J connectivity index is 2.88. The van der Waals surface area contributed by atoms with E-state index in [0.717, 1.165) is 5.57 Å². The maximum absolute atomic E-state index is 10.3. The molecular weight excluding hydrogens is 332 g/mol. The van der Waals surface area contributed by atoms with Gasteiger partial charge >= 0.3 is 0 Å². The molecular formula is C19H40O3Si2. The summed E-state index contributed by atoms with van der Waals surface area (Å²) in [6.07, 6.45) is 0.211. The van der Waals surface area contributed by atoms with Crippen LogP contribution >= 0.6 is 0 Å². The van der Waals surface area contributed by atoms with Gasteiger partial charge in [-0.2, -0.15) is 0 Å². The van der Waals surface area contributed by atoms with Crippen LogP contribution in [0.15, 0.2) is 12.2 Å². The molecule has 0 aliphatic heterocycles. The molecule has 1 rings (SSSR count). The van der Waals surface area contributed by atoms with Crippen molar-refractivity contribution in [2.75, 3.05) is 6.61 Å². The summed E-state index contributed by atoms with van der Waals surface area (Å²) >= 11 is 0. The minimum atomic E-state index is -1.88. The predicted molar refractivity (Wildman–Crippen MR) is 108 cm³/mol. The van der Waals surface area contributed by atoms with E-state index in [-0.39, 0.29) is 22.1 Å². The predicted octanol–water partition coefficient (Wildman–Crippen LogP) is 5.34. The largest absolute Gasteiger partial charge is 0.416 e. The van der Waals surface area contributed by atoms with E-state index in [0.29, 0.717) is 13.0 Å². The molecule has 0 aromatic carbocycles. The maximum atomic E-state index is 10.3. The average molecular weight is 373 g/mol. The number of rotatable bonds is 5. The molecule has 1 N–H and O–H groups in total. The van der Waals surface area contributed by atoms with Crippen molar-refractivity contribution in [1.29, 1.82) is 0 Å². The Morgan fingerprint density at radius 2 is 1.46 bits per heavy atom. The smallest absolute Gasteiger partial charge is 0.192 e. The van der Waals surface area contributed by atoms with E-state index in [4.69, 9.17) is 8.85 Å². The summed E-state index contributed by atoms with van der Waals surface area (Å²) < 4.78 is 13.1. The summed E-state index contributed by atoms with van der Waals surface area (Å²) in [4.78, 5) is 0. The van der Waals surface area contributed by atoms with Gasteiger partial charge in [-0.1, -0.05) is 48.1 Å². The molecule has 0 heterocycles. The monoisotopic (exact) mass is 372 g/mol. The minimum Gasteiger partial charge on any atom is -0.416 e. The molecule has 1 aliphatic rings. The zero-order chi connectivity index (χ0) is 19.1. The topological polar surface area (TPSA) is 38.7 Å². The molecule has 0 saturated heterocycles. The third-order valence-corrected chi connectivity index (χ3v) is 15.5. The normalized spacial score (nSPS) is 27.0. The summed E-state index contributed by atoms with van der Waals surface area (Å²) in [6, 6.07) is 0. The Morgan fingerprint density at radius 3 is 1.88 bits per heavy atom. The van der Waals surface area contributed by atoms with Crippen molar-refractivity contribution < 1.29 is 14.0 Å². The van der Waals surface area contributed by atoms with Crippen LogP contribution in [0.5, 0.6) is 0 Å². The number of hydrogen-bond donors (Lipinski definition) is 1. The third kappa shape index (κ3) is 4.82. The van der Waals surface area contributed by atoms with E-state index in [9.17, 15) is 5.11 Å². The Kier molecular flexibility index (Phi) is 6.43. The van der Waals surface area contributed by atoms with Crippen molar-refractivity contribution in [2.24, 2.45) is 5.92 Å². The fourth-order valence-corrected chi connectivity index (χ4v) is 4.84. The molecule has 0 aromatic heterocycles. The highest BCUT2D eigenvalue weighted by molar-refractivity contribution is 6.74. The lowest BCUT2D eigenvalue weighted by atomic mass is 10.0. The van der Waals surface area contributed by atoms with Crippen LogP contribution in [0.3, 0.4) is 0 Å². The van der Waals surface area contributed by atoms with Gasteiger partial charge in [0.2, 0.25) is 0 Å². The molecule has 142 valence electrons. The van der Waals surface area contributed by atoms with Crippen molar-refractivity contribution in [2.45, 2.75) is 96.4 Å². The summed E-state index contributed by atoms with van der Waals surface area (Å²) in [6.45, 7) is 27.3. The number of aliphatic hydroxyl groups is 1. The van der Waals surface area contributed by atoms with Gasteiger partial charge in [-0.25, -0.2) is 0 Å². The van der Waals surface area contributed by atoms with Gasteiger partial charge in [0.25, 0.3) is 0 Å². The van der Waals surface area contributed by atoms with Crippen LogP contribution in [0.2, 0.25) is 36.3 Å². The molecule has 5 heteroatoms. The van der Waals surface area contributed by atoms with Gasteiger partial charge in [0, 0.05) is 18.9 Å². The van der Waals surface area contributed by atoms with E-state index in [1.807, 2.05) is 0 Å². The standard InChI is InChI=1S/C19H40O3Si2/c1-14-15(13-21-23(8,9)18(2,3)4)17(12-16(14)20)22-24(10,11)19(5,6)7/h15-17,20H,1,12-13H2,2-11H3. The fraction of sp³-hybridized carbons (Fsp3) is 0.895. The van der Waals surface area contributed by atoms with Gasteiger partial charge in [0.1, 0.15) is 0 Å². The Morgan fingerprint density at radius 1 is 1.00 bits per heavy atom. The highest BCUT2D eigenvalue weighted by Gasteiger charge is 2.46. The zero-order valence-corrected chi connectivity index (χ0v) is 19.6. The second kappa shape index (κ2) is 6.99. The van der Waals surface area contributed by atoms with Crippen LogP contribution < -0.4 is 0 Å². The fourth-order valence-electron chi connectivity index (χ4n) is 2.44. The molecule has 24 heavy (non-hydrogen) atoms. The second-order valence-electron chi connectivity index (χ2n) is 10.4. The van der Waals surface area contributed by atoms with Gasteiger partial charge < -0.3 is 14.0 Å². The van der Waals surface area contributed by atoms with Crippen molar-refractivity contribution >= 4 is 16.6 Å². The summed E-state index contributed by atoms with van der Waals surface area (Å²) in [5, 5.41) is 10.7. The Bertz CT molecular complexity index is 458. The molecule has 0 radical (unpaired) electrons. The van der Waals surface area contributed by atoms with Crippen LogP contribution in [0, 0.1) is 5.92 Å². The van der Waals surface area contributed by atoms with Gasteiger partial charge in [-0.05, 0) is 41.8 Å². The van der Waals surface area contributed by atoms with Crippen LogP contribution in [-0.4, -0.2) is 40.6 Å². The highest BCUT2D eigenvalue weighted by Crippen LogP contribution is 2.43. The molecule has 1 saturated carbocycles. The first-order valence-electron chi connectivity index (χ1n) is 9.18. The molecule has 3 atom stereocenters. The number of hydrogen-bond acceptors (Lipinski definition) is 3. The lowest BCUT2D eigenvalue weighted by Gasteiger charge is -2.41. The SMILES string of the molecule is C=C1C(O)CC(O[Si](C)(C)C(C)(C)C)C1CO[Si](C)(C)C(C)(C)C. The lowest BCUT2D eigenvalue weighted by molar-refractivity contribution is 0.103. The van der Waals surface area contributed by atoms with E-state index >= 15 is 0 Å². The van der Waals surface area contributed by atoms with Crippen molar-refractivity contribution in [1.82, 2.24) is 0 Å². The van der Waals surface area contributed by atoms with Crippen molar-refractivity contribution in [3.05, 3.63) is 12.2 Å². The van der Waals surface area contributed by atoms with E-state index in [1.54, 1.807) is 0 Å². The van der Waals surface area contributed by atoms with E-state index in [1.165, 1.54) is 0 Å². The molecule has 3 nitrogen and oxygen atoms in total. The van der Waals surface area contributed by atoms with Gasteiger partial charge in [-0.15, -0.1) is 0 Å². The minimum absolute atomic E-state index is 0.0261. The first-order chi connectivity index (χ1) is 10.5. The van der Waals surface area contributed by atoms with Crippen LogP contribution in [-0.2, 0) is 8.85 Å². The zero-order valence-electron chi connectivity index (χ0n) is 17.6. The molecule has 3 unspecified atom stereocenters.